The maximum absolute atomic E-state index is 12.1. The van der Waals surface area contributed by atoms with Gasteiger partial charge in [-0.05, 0) is 48.1 Å². The third-order valence-electron chi connectivity index (χ3n) is 6.02. The van der Waals surface area contributed by atoms with E-state index in [0.717, 1.165) is 12.0 Å². The topological polar surface area (TPSA) is 64.6 Å². The Labute approximate surface area is 208 Å². The highest BCUT2D eigenvalue weighted by molar-refractivity contribution is 5.71. The van der Waals surface area contributed by atoms with Crippen molar-refractivity contribution < 1.29 is 19.1 Å². The molecule has 0 bridgehead atoms. The van der Waals surface area contributed by atoms with Crippen LogP contribution in [0.25, 0.3) is 11.1 Å². The zero-order valence-corrected chi connectivity index (χ0v) is 20.6. The van der Waals surface area contributed by atoms with Gasteiger partial charge in [0.1, 0.15) is 6.61 Å². The first kappa shape index (κ1) is 26.2. The minimum atomic E-state index is -0.211. The zero-order valence-electron chi connectivity index (χ0n) is 20.6. The fourth-order valence-electron chi connectivity index (χ4n) is 4.06. The molecular weight excluding hydrogens is 438 g/mol. The number of carbonyl (C=O) groups excluding carboxylic acids is 2. The van der Waals surface area contributed by atoms with Crippen molar-refractivity contribution in [3.05, 3.63) is 96.1 Å². The summed E-state index contributed by atoms with van der Waals surface area (Å²) in [4.78, 5) is 24.1. The molecule has 0 radical (unpaired) electrons. The van der Waals surface area contributed by atoms with E-state index in [1.807, 2.05) is 55.5 Å². The molecule has 0 aromatic heterocycles. The molecule has 0 spiro atoms. The predicted octanol–water partition coefficient (Wildman–Crippen LogP) is 5.58. The van der Waals surface area contributed by atoms with Gasteiger partial charge in [0, 0.05) is 12.5 Å². The van der Waals surface area contributed by atoms with E-state index in [9.17, 15) is 9.59 Å². The van der Waals surface area contributed by atoms with Crippen molar-refractivity contribution in [3.8, 4) is 11.1 Å². The Morgan fingerprint density at radius 1 is 0.829 bits per heavy atom. The number of carbonyl (C=O) groups is 2. The van der Waals surface area contributed by atoms with Crippen LogP contribution in [0.3, 0.4) is 0 Å². The molecule has 2 atom stereocenters. The van der Waals surface area contributed by atoms with Crippen molar-refractivity contribution >= 4 is 11.9 Å². The number of methoxy groups -OCH3 is 1. The van der Waals surface area contributed by atoms with Crippen molar-refractivity contribution in [2.75, 3.05) is 13.7 Å². The number of rotatable bonds is 13. The van der Waals surface area contributed by atoms with Crippen molar-refractivity contribution in [2.45, 2.75) is 45.3 Å². The van der Waals surface area contributed by atoms with E-state index in [-0.39, 0.29) is 23.9 Å². The summed E-state index contributed by atoms with van der Waals surface area (Å²) in [6.45, 7) is 2.85. The standard InChI is InChI=1S/C30H35NO4/c1-23(30(33)34-2)20-28(21-24-15-17-27(18-16-24)26-12-7-4-8-13-26)31-19-9-14-29(32)35-22-25-10-5-3-6-11-25/h3-8,10-13,15-18,23,28,31H,9,14,19-22H2,1-2H3/t23-,28+/m1/s1. The Bertz CT molecular complexity index is 1030. The minimum Gasteiger partial charge on any atom is -0.469 e. The molecule has 0 saturated heterocycles. The van der Waals surface area contributed by atoms with Crippen LogP contribution < -0.4 is 5.32 Å². The molecule has 35 heavy (non-hydrogen) atoms. The number of hydrogen-bond donors (Lipinski definition) is 1. The van der Waals surface area contributed by atoms with Crippen LogP contribution in [0.5, 0.6) is 0 Å². The van der Waals surface area contributed by atoms with E-state index in [1.165, 1.54) is 23.8 Å². The zero-order chi connectivity index (χ0) is 24.9. The normalized spacial score (nSPS) is 12.5. The average Bonchev–Trinajstić information content (AvgIpc) is 2.90. The molecule has 5 heteroatoms. The molecule has 3 aromatic rings. The first-order chi connectivity index (χ1) is 17.0. The lowest BCUT2D eigenvalue weighted by Crippen LogP contribution is -2.35. The van der Waals surface area contributed by atoms with Crippen LogP contribution in [-0.4, -0.2) is 31.6 Å². The van der Waals surface area contributed by atoms with E-state index in [0.29, 0.717) is 32.4 Å². The smallest absolute Gasteiger partial charge is 0.308 e. The molecule has 0 aliphatic rings. The number of hydrogen-bond acceptors (Lipinski definition) is 5. The molecule has 5 nitrogen and oxygen atoms in total. The molecule has 1 N–H and O–H groups in total. The second-order valence-corrected chi connectivity index (χ2v) is 8.83. The maximum Gasteiger partial charge on any atom is 0.308 e. The van der Waals surface area contributed by atoms with Gasteiger partial charge in [0.2, 0.25) is 0 Å². The van der Waals surface area contributed by atoms with E-state index in [1.54, 1.807) is 0 Å². The Morgan fingerprint density at radius 3 is 2.11 bits per heavy atom. The van der Waals surface area contributed by atoms with E-state index in [2.05, 4.69) is 41.7 Å². The average molecular weight is 474 g/mol. The third-order valence-corrected chi connectivity index (χ3v) is 6.02. The lowest BCUT2D eigenvalue weighted by atomic mass is 9.95. The van der Waals surface area contributed by atoms with Crippen molar-refractivity contribution in [1.82, 2.24) is 5.32 Å². The van der Waals surface area contributed by atoms with Crippen LogP contribution in [0.4, 0.5) is 0 Å². The summed E-state index contributed by atoms with van der Waals surface area (Å²) in [5, 5.41) is 3.54. The lowest BCUT2D eigenvalue weighted by molar-refractivity contribution is -0.145. The Kier molecular flexibility index (Phi) is 10.5. The van der Waals surface area contributed by atoms with Gasteiger partial charge in [0.15, 0.2) is 0 Å². The summed E-state index contributed by atoms with van der Waals surface area (Å²) in [6, 6.07) is 28.6. The quantitative estimate of drug-likeness (QED) is 0.259. The van der Waals surface area contributed by atoms with Crippen LogP contribution in [0.15, 0.2) is 84.9 Å². The molecule has 0 saturated carbocycles. The molecule has 0 unspecified atom stereocenters. The second kappa shape index (κ2) is 14.1. The van der Waals surface area contributed by atoms with Gasteiger partial charge in [0.05, 0.1) is 13.0 Å². The van der Waals surface area contributed by atoms with Gasteiger partial charge in [-0.1, -0.05) is 91.9 Å². The second-order valence-electron chi connectivity index (χ2n) is 8.83. The summed E-state index contributed by atoms with van der Waals surface area (Å²) in [5.41, 5.74) is 4.54. The van der Waals surface area contributed by atoms with E-state index >= 15 is 0 Å². The van der Waals surface area contributed by atoms with Gasteiger partial charge < -0.3 is 14.8 Å². The Balaban J connectivity index is 1.50. The van der Waals surface area contributed by atoms with Crippen LogP contribution >= 0.6 is 0 Å². The van der Waals surface area contributed by atoms with Gasteiger partial charge >= 0.3 is 11.9 Å². The van der Waals surface area contributed by atoms with Crippen LogP contribution in [0.1, 0.15) is 37.3 Å². The van der Waals surface area contributed by atoms with E-state index < -0.39 is 0 Å². The molecule has 3 rings (SSSR count). The van der Waals surface area contributed by atoms with Gasteiger partial charge in [-0.2, -0.15) is 0 Å². The van der Waals surface area contributed by atoms with Crippen molar-refractivity contribution in [2.24, 2.45) is 5.92 Å². The summed E-state index contributed by atoms with van der Waals surface area (Å²) >= 11 is 0. The number of nitrogens with one attached hydrogen (secondary N) is 1. The molecule has 184 valence electrons. The van der Waals surface area contributed by atoms with Gasteiger partial charge in [-0.15, -0.1) is 0 Å². The van der Waals surface area contributed by atoms with Gasteiger partial charge in [0.25, 0.3) is 0 Å². The summed E-state index contributed by atoms with van der Waals surface area (Å²) in [6.07, 6.45) is 2.47. The van der Waals surface area contributed by atoms with Crippen LogP contribution in [-0.2, 0) is 32.1 Å². The fourth-order valence-corrected chi connectivity index (χ4v) is 4.06. The van der Waals surface area contributed by atoms with Crippen LogP contribution in [0, 0.1) is 5.92 Å². The third kappa shape index (κ3) is 9.02. The number of esters is 2. The monoisotopic (exact) mass is 473 g/mol. The Hall–Kier alpha value is -3.44. The molecule has 0 fully saturated rings. The summed E-state index contributed by atoms with van der Waals surface area (Å²) in [5.74, 6) is -0.621. The predicted molar refractivity (Wildman–Crippen MR) is 139 cm³/mol. The maximum atomic E-state index is 12.1. The summed E-state index contributed by atoms with van der Waals surface area (Å²) < 4.78 is 10.3. The molecule has 0 amide bonds. The first-order valence-electron chi connectivity index (χ1n) is 12.2. The molecule has 0 aliphatic carbocycles. The fraction of sp³-hybridized carbons (Fsp3) is 0.333. The molecule has 0 heterocycles. The lowest BCUT2D eigenvalue weighted by Gasteiger charge is -2.22. The van der Waals surface area contributed by atoms with Gasteiger partial charge in [-0.3, -0.25) is 9.59 Å². The van der Waals surface area contributed by atoms with Crippen molar-refractivity contribution in [1.29, 1.82) is 0 Å². The first-order valence-corrected chi connectivity index (χ1v) is 12.2. The largest absolute Gasteiger partial charge is 0.469 e. The molecule has 0 aliphatic heterocycles. The highest BCUT2D eigenvalue weighted by Gasteiger charge is 2.20. The highest BCUT2D eigenvalue weighted by atomic mass is 16.5. The molecular formula is C30H35NO4. The molecule has 3 aromatic carbocycles. The van der Waals surface area contributed by atoms with E-state index in [4.69, 9.17) is 9.47 Å². The summed E-state index contributed by atoms with van der Waals surface area (Å²) in [7, 11) is 1.42. The number of benzene rings is 3. The minimum absolute atomic E-state index is 0.0898. The van der Waals surface area contributed by atoms with Gasteiger partial charge in [-0.25, -0.2) is 0 Å². The highest BCUT2D eigenvalue weighted by Crippen LogP contribution is 2.21. The Morgan fingerprint density at radius 2 is 1.46 bits per heavy atom. The number of ether oxygens (including phenoxy) is 2. The van der Waals surface area contributed by atoms with Crippen molar-refractivity contribution in [3.63, 3.8) is 0 Å². The van der Waals surface area contributed by atoms with Crippen LogP contribution in [0.2, 0.25) is 0 Å². The SMILES string of the molecule is COC(=O)[C@H](C)C[C@@H](Cc1ccc(-c2ccccc2)cc1)NCCCC(=O)OCc1ccccc1.